The summed E-state index contributed by atoms with van der Waals surface area (Å²) in [6.07, 6.45) is -4.46. The van der Waals surface area contributed by atoms with Crippen LogP contribution in [0.25, 0.3) is 0 Å². The van der Waals surface area contributed by atoms with Crippen LogP contribution in [-0.2, 0) is 0 Å². The topological polar surface area (TPSA) is 45.9 Å². The van der Waals surface area contributed by atoms with Crippen LogP contribution in [0.1, 0.15) is 5.56 Å². The number of ether oxygens (including phenoxy) is 1. The second-order valence-electron chi connectivity index (χ2n) is 2.26. The molecule has 0 amide bonds. The molecule has 1 rings (SSSR count). The highest BCUT2D eigenvalue weighted by Crippen LogP contribution is 2.30. The molecule has 0 saturated heterocycles. The third kappa shape index (κ3) is 2.79. The Morgan fingerprint density at radius 2 is 2.07 bits per heavy atom. The maximum atomic E-state index is 12.8. The smallest absolute Gasteiger partial charge is 0.386 e. The van der Waals surface area contributed by atoms with E-state index in [4.69, 9.17) is 5.26 Å². The second kappa shape index (κ2) is 4.02. The van der Waals surface area contributed by atoms with Crippen molar-refractivity contribution in [3.63, 3.8) is 0 Å². The third-order valence-corrected chi connectivity index (χ3v) is 2.04. The molecule has 8 heteroatoms. The first kappa shape index (κ1) is 11.7. The van der Waals surface area contributed by atoms with Gasteiger partial charge in [-0.3, -0.25) is 0 Å². The molecular formula is C7HBrF4N2O. The number of halogens is 5. The van der Waals surface area contributed by atoms with Crippen LogP contribution in [0, 0.1) is 17.1 Å². The minimum absolute atomic E-state index is 0.417. The van der Waals surface area contributed by atoms with Gasteiger partial charge in [-0.25, -0.2) is 9.37 Å². The average Bonchev–Trinajstić information content (AvgIpc) is 2.10. The minimum atomic E-state index is -4.98. The van der Waals surface area contributed by atoms with Gasteiger partial charge in [-0.15, -0.1) is 13.2 Å². The van der Waals surface area contributed by atoms with E-state index in [1.165, 1.54) is 6.07 Å². The van der Waals surface area contributed by atoms with Crippen molar-refractivity contribution in [2.75, 3.05) is 0 Å². The van der Waals surface area contributed by atoms with Gasteiger partial charge in [0.25, 0.3) is 0 Å². The molecule has 3 nitrogen and oxygen atoms in total. The van der Waals surface area contributed by atoms with Crippen molar-refractivity contribution < 1.29 is 22.3 Å². The van der Waals surface area contributed by atoms with E-state index in [0.29, 0.717) is 6.20 Å². The van der Waals surface area contributed by atoms with Crippen LogP contribution < -0.4 is 4.74 Å². The normalized spacial score (nSPS) is 10.9. The van der Waals surface area contributed by atoms with Gasteiger partial charge in [0.1, 0.15) is 11.6 Å². The summed E-state index contributed by atoms with van der Waals surface area (Å²) in [5.74, 6) is -1.93. The zero-order valence-electron chi connectivity index (χ0n) is 6.77. The van der Waals surface area contributed by atoms with Gasteiger partial charge in [0.05, 0.1) is 10.7 Å². The molecular weight excluding hydrogens is 284 g/mol. The maximum Gasteiger partial charge on any atom is 0.574 e. The fourth-order valence-corrected chi connectivity index (χ4v) is 1.09. The van der Waals surface area contributed by atoms with Crippen molar-refractivity contribution in [1.82, 2.24) is 4.98 Å². The predicted octanol–water partition coefficient (Wildman–Crippen LogP) is 2.75. The zero-order valence-corrected chi connectivity index (χ0v) is 8.36. The Balaban J connectivity index is 3.21. The van der Waals surface area contributed by atoms with E-state index in [1.54, 1.807) is 0 Å². The van der Waals surface area contributed by atoms with E-state index < -0.39 is 28.1 Å². The summed E-state index contributed by atoms with van der Waals surface area (Å²) in [5.41, 5.74) is -0.646. The summed E-state index contributed by atoms with van der Waals surface area (Å²) in [6, 6.07) is 1.35. The van der Waals surface area contributed by atoms with Crippen LogP contribution in [0.4, 0.5) is 17.6 Å². The van der Waals surface area contributed by atoms with Crippen LogP contribution in [0.15, 0.2) is 10.7 Å². The number of nitrogens with zero attached hydrogens (tertiary/aromatic N) is 2. The molecule has 0 N–H and O–H groups in total. The van der Waals surface area contributed by atoms with Gasteiger partial charge in [-0.2, -0.15) is 5.26 Å². The van der Waals surface area contributed by atoms with E-state index in [1.807, 2.05) is 0 Å². The van der Waals surface area contributed by atoms with Gasteiger partial charge >= 0.3 is 6.36 Å². The lowest BCUT2D eigenvalue weighted by atomic mass is 10.3. The van der Waals surface area contributed by atoms with E-state index >= 15 is 0 Å². The highest BCUT2D eigenvalue weighted by molar-refractivity contribution is 9.10. The first-order chi connectivity index (χ1) is 6.85. The summed E-state index contributed by atoms with van der Waals surface area (Å²) in [6.45, 7) is 0. The van der Waals surface area contributed by atoms with Crippen LogP contribution in [0.3, 0.4) is 0 Å². The number of pyridine rings is 1. The summed E-state index contributed by atoms with van der Waals surface area (Å²) in [5, 5.41) is 8.49. The van der Waals surface area contributed by atoms with Gasteiger partial charge in [0.2, 0.25) is 5.88 Å². The Labute approximate surface area is 89.4 Å². The van der Waals surface area contributed by atoms with Gasteiger partial charge < -0.3 is 4.74 Å². The minimum Gasteiger partial charge on any atom is -0.386 e. The molecule has 0 fully saturated rings. The number of alkyl halides is 3. The van der Waals surface area contributed by atoms with E-state index in [-0.39, 0.29) is 0 Å². The Hall–Kier alpha value is -1.36. The highest BCUT2D eigenvalue weighted by Gasteiger charge is 2.33. The van der Waals surface area contributed by atoms with Crippen molar-refractivity contribution in [3.05, 3.63) is 22.1 Å². The number of nitriles is 1. The summed E-state index contributed by atoms with van der Waals surface area (Å²) >= 11 is 2.61. The molecule has 0 atom stereocenters. The zero-order chi connectivity index (χ0) is 11.6. The molecule has 1 aromatic heterocycles. The van der Waals surface area contributed by atoms with Gasteiger partial charge in [0, 0.05) is 0 Å². The van der Waals surface area contributed by atoms with Gasteiger partial charge in [0.15, 0.2) is 5.82 Å². The highest BCUT2D eigenvalue weighted by atomic mass is 79.9. The van der Waals surface area contributed by atoms with Crippen molar-refractivity contribution in [2.45, 2.75) is 6.36 Å². The number of hydrogen-bond donors (Lipinski definition) is 0. The monoisotopic (exact) mass is 284 g/mol. The van der Waals surface area contributed by atoms with E-state index in [0.717, 1.165) is 0 Å². The molecule has 0 aliphatic rings. The van der Waals surface area contributed by atoms with E-state index in [9.17, 15) is 17.6 Å². The van der Waals surface area contributed by atoms with Crippen LogP contribution in [-0.4, -0.2) is 11.3 Å². The van der Waals surface area contributed by atoms with Crippen molar-refractivity contribution >= 4 is 15.9 Å². The van der Waals surface area contributed by atoms with Crippen molar-refractivity contribution in [1.29, 1.82) is 5.26 Å². The molecule has 0 spiro atoms. The summed E-state index contributed by atoms with van der Waals surface area (Å²) < 4.78 is 51.2. The lowest BCUT2D eigenvalue weighted by Crippen LogP contribution is -2.19. The molecule has 0 aromatic carbocycles. The van der Waals surface area contributed by atoms with Crippen LogP contribution >= 0.6 is 15.9 Å². The second-order valence-corrected chi connectivity index (χ2v) is 3.05. The van der Waals surface area contributed by atoms with Crippen LogP contribution in [0.2, 0.25) is 0 Å². The fraction of sp³-hybridized carbons (Fsp3) is 0.143. The average molecular weight is 285 g/mol. The van der Waals surface area contributed by atoms with Gasteiger partial charge in [-0.1, -0.05) is 0 Å². The Kier molecular flexibility index (Phi) is 3.14. The standard InChI is InChI=1S/C7HBrF4N2O/c8-5-3(1-13)6(14-2-4(5)9)15-7(10,11)12/h2H. The van der Waals surface area contributed by atoms with Crippen molar-refractivity contribution in [2.24, 2.45) is 0 Å². The lowest BCUT2D eigenvalue weighted by molar-refractivity contribution is -0.276. The Morgan fingerprint density at radius 3 is 2.53 bits per heavy atom. The Morgan fingerprint density at radius 1 is 1.47 bits per heavy atom. The largest absolute Gasteiger partial charge is 0.574 e. The molecule has 0 unspecified atom stereocenters. The first-order valence-corrected chi connectivity index (χ1v) is 4.14. The first-order valence-electron chi connectivity index (χ1n) is 3.35. The Bertz CT molecular complexity index is 426. The molecule has 0 bridgehead atoms. The molecule has 1 aromatic rings. The fourth-order valence-electron chi connectivity index (χ4n) is 0.734. The molecule has 15 heavy (non-hydrogen) atoms. The van der Waals surface area contributed by atoms with E-state index in [2.05, 4.69) is 25.7 Å². The molecule has 0 aliphatic heterocycles. The summed E-state index contributed by atoms with van der Waals surface area (Å²) in [7, 11) is 0. The number of rotatable bonds is 1. The maximum absolute atomic E-state index is 12.8. The molecule has 0 aliphatic carbocycles. The SMILES string of the molecule is N#Cc1c(OC(F)(F)F)ncc(F)c1Br. The molecule has 0 saturated carbocycles. The lowest BCUT2D eigenvalue weighted by Gasteiger charge is -2.09. The van der Waals surface area contributed by atoms with Crippen molar-refractivity contribution in [3.8, 4) is 11.9 Å². The number of aromatic nitrogens is 1. The number of hydrogen-bond acceptors (Lipinski definition) is 3. The summed E-state index contributed by atoms with van der Waals surface area (Å²) in [4.78, 5) is 3.03. The molecule has 0 radical (unpaired) electrons. The predicted molar refractivity (Wildman–Crippen MR) is 43.3 cm³/mol. The van der Waals surface area contributed by atoms with Crippen LogP contribution in [0.5, 0.6) is 5.88 Å². The quantitative estimate of drug-likeness (QED) is 0.745. The third-order valence-electron chi connectivity index (χ3n) is 1.26. The van der Waals surface area contributed by atoms with Gasteiger partial charge in [-0.05, 0) is 15.9 Å². The molecule has 80 valence electrons. The molecule has 1 heterocycles.